The van der Waals surface area contributed by atoms with Gasteiger partial charge < -0.3 is 16.3 Å². The number of carbonyl (C=O) groups is 1. The molecule has 0 saturated heterocycles. The van der Waals surface area contributed by atoms with Crippen molar-refractivity contribution in [2.45, 2.75) is 32.2 Å². The lowest BCUT2D eigenvalue weighted by atomic mass is 9.91. The number of hydrogen-bond acceptors (Lipinski definition) is 5. The van der Waals surface area contributed by atoms with Crippen molar-refractivity contribution in [3.63, 3.8) is 0 Å². The van der Waals surface area contributed by atoms with E-state index < -0.39 is 11.4 Å². The second-order valence-corrected chi connectivity index (χ2v) is 3.58. The van der Waals surface area contributed by atoms with Crippen LogP contribution >= 0.6 is 0 Å². The number of nitrogens with one attached hydrogen (secondary N) is 2. The Morgan fingerprint density at radius 3 is 2.71 bits per heavy atom. The van der Waals surface area contributed by atoms with E-state index in [4.69, 9.17) is 10.9 Å². The fraction of sp³-hybridized carbons (Fsp3) is 0.556. The SMILES string of the molecule is CCC(CC)(NC(=O)c1cn[nH]n1)C(N)=NO. The van der Waals surface area contributed by atoms with E-state index in [2.05, 4.69) is 25.9 Å². The smallest absolute Gasteiger partial charge is 0.274 e. The largest absolute Gasteiger partial charge is 0.409 e. The third-order valence-corrected chi connectivity index (χ3v) is 2.81. The summed E-state index contributed by atoms with van der Waals surface area (Å²) in [5.41, 5.74) is 4.90. The van der Waals surface area contributed by atoms with Gasteiger partial charge in [-0.05, 0) is 12.8 Å². The zero-order valence-electron chi connectivity index (χ0n) is 9.77. The summed E-state index contributed by atoms with van der Waals surface area (Å²) in [5, 5.41) is 24.0. The van der Waals surface area contributed by atoms with Gasteiger partial charge in [-0.15, -0.1) is 0 Å². The summed E-state index contributed by atoms with van der Waals surface area (Å²) < 4.78 is 0. The number of aromatic amines is 1. The van der Waals surface area contributed by atoms with Gasteiger partial charge in [0.25, 0.3) is 5.91 Å². The zero-order chi connectivity index (χ0) is 12.9. The minimum absolute atomic E-state index is 0.0284. The van der Waals surface area contributed by atoms with E-state index >= 15 is 0 Å². The van der Waals surface area contributed by atoms with E-state index in [1.165, 1.54) is 6.20 Å². The highest BCUT2D eigenvalue weighted by atomic mass is 16.4. The number of aromatic nitrogens is 3. The lowest BCUT2D eigenvalue weighted by Gasteiger charge is -2.30. The van der Waals surface area contributed by atoms with Crippen LogP contribution in [0.15, 0.2) is 11.4 Å². The highest BCUT2D eigenvalue weighted by molar-refractivity contribution is 5.98. The molecule has 5 N–H and O–H groups in total. The van der Waals surface area contributed by atoms with Gasteiger partial charge in [-0.3, -0.25) is 4.79 Å². The average molecular weight is 240 g/mol. The summed E-state index contributed by atoms with van der Waals surface area (Å²) in [7, 11) is 0. The summed E-state index contributed by atoms with van der Waals surface area (Å²) in [6, 6.07) is 0. The van der Waals surface area contributed by atoms with E-state index in [0.717, 1.165) is 0 Å². The van der Waals surface area contributed by atoms with E-state index in [0.29, 0.717) is 12.8 Å². The monoisotopic (exact) mass is 240 g/mol. The first-order valence-corrected chi connectivity index (χ1v) is 5.26. The molecule has 0 spiro atoms. The van der Waals surface area contributed by atoms with Gasteiger partial charge in [0.15, 0.2) is 11.5 Å². The number of H-pyrrole nitrogens is 1. The molecule has 0 saturated carbocycles. The molecule has 0 atom stereocenters. The summed E-state index contributed by atoms with van der Waals surface area (Å²) in [6.07, 6.45) is 2.31. The number of amides is 1. The first-order valence-electron chi connectivity index (χ1n) is 5.26. The highest BCUT2D eigenvalue weighted by Crippen LogP contribution is 2.16. The molecule has 0 aliphatic heterocycles. The first kappa shape index (κ1) is 12.9. The molecule has 0 radical (unpaired) electrons. The van der Waals surface area contributed by atoms with Crippen LogP contribution in [0, 0.1) is 0 Å². The summed E-state index contributed by atoms with van der Waals surface area (Å²) in [4.78, 5) is 11.8. The van der Waals surface area contributed by atoms with Crippen molar-refractivity contribution in [1.82, 2.24) is 20.7 Å². The van der Waals surface area contributed by atoms with Crippen LogP contribution in [0.1, 0.15) is 37.2 Å². The number of nitrogens with zero attached hydrogens (tertiary/aromatic N) is 3. The molecule has 94 valence electrons. The molecule has 8 heteroatoms. The number of rotatable bonds is 5. The average Bonchev–Trinajstić information content (AvgIpc) is 2.88. The normalized spacial score (nSPS) is 12.5. The van der Waals surface area contributed by atoms with Gasteiger partial charge in [-0.2, -0.15) is 15.4 Å². The van der Waals surface area contributed by atoms with Crippen LogP contribution in [-0.4, -0.2) is 37.9 Å². The van der Waals surface area contributed by atoms with Gasteiger partial charge in [-0.1, -0.05) is 19.0 Å². The van der Waals surface area contributed by atoms with Gasteiger partial charge in [-0.25, -0.2) is 0 Å². The van der Waals surface area contributed by atoms with E-state index in [1.807, 2.05) is 13.8 Å². The predicted molar refractivity (Wildman–Crippen MR) is 60.6 cm³/mol. The lowest BCUT2D eigenvalue weighted by Crippen LogP contribution is -2.56. The minimum atomic E-state index is -0.870. The molecular weight excluding hydrogens is 224 g/mol. The summed E-state index contributed by atoms with van der Waals surface area (Å²) >= 11 is 0. The molecule has 1 rings (SSSR count). The Labute approximate surface area is 98.3 Å². The Bertz CT molecular complexity index is 396. The molecule has 0 aromatic carbocycles. The number of nitrogens with two attached hydrogens (primary N) is 1. The molecule has 0 unspecified atom stereocenters. The van der Waals surface area contributed by atoms with Gasteiger partial charge in [0.2, 0.25) is 0 Å². The summed E-state index contributed by atoms with van der Waals surface area (Å²) in [5.74, 6) is -0.451. The molecule has 17 heavy (non-hydrogen) atoms. The Hall–Kier alpha value is -2.12. The molecule has 1 aromatic heterocycles. The van der Waals surface area contributed by atoms with Gasteiger partial charge in [0.05, 0.1) is 6.20 Å². The van der Waals surface area contributed by atoms with E-state index in [-0.39, 0.29) is 11.5 Å². The molecule has 8 nitrogen and oxygen atoms in total. The van der Waals surface area contributed by atoms with Gasteiger partial charge in [0, 0.05) is 0 Å². The van der Waals surface area contributed by atoms with Crippen LogP contribution in [0.25, 0.3) is 0 Å². The van der Waals surface area contributed by atoms with Crippen molar-refractivity contribution < 1.29 is 10.0 Å². The quantitative estimate of drug-likeness (QED) is 0.246. The van der Waals surface area contributed by atoms with Crippen LogP contribution < -0.4 is 11.1 Å². The van der Waals surface area contributed by atoms with Crippen molar-refractivity contribution in [3.8, 4) is 0 Å². The minimum Gasteiger partial charge on any atom is -0.409 e. The van der Waals surface area contributed by atoms with Gasteiger partial charge >= 0.3 is 0 Å². The molecule has 1 amide bonds. The molecule has 0 bridgehead atoms. The van der Waals surface area contributed by atoms with Crippen molar-refractivity contribution in [2.24, 2.45) is 10.9 Å². The fourth-order valence-corrected chi connectivity index (χ4v) is 1.54. The van der Waals surface area contributed by atoms with Crippen LogP contribution in [0.3, 0.4) is 0 Å². The van der Waals surface area contributed by atoms with Crippen molar-refractivity contribution >= 4 is 11.7 Å². The predicted octanol–water partition coefficient (Wildman–Crippen LogP) is -0.160. The van der Waals surface area contributed by atoms with E-state index in [9.17, 15) is 4.79 Å². The fourth-order valence-electron chi connectivity index (χ4n) is 1.54. The number of hydrogen-bond donors (Lipinski definition) is 4. The van der Waals surface area contributed by atoms with Crippen molar-refractivity contribution in [3.05, 3.63) is 11.9 Å². The van der Waals surface area contributed by atoms with Crippen LogP contribution in [-0.2, 0) is 0 Å². The third kappa shape index (κ3) is 2.52. The zero-order valence-corrected chi connectivity index (χ0v) is 9.77. The molecule has 1 aromatic rings. The summed E-state index contributed by atoms with van der Waals surface area (Å²) in [6.45, 7) is 3.68. The second kappa shape index (κ2) is 5.28. The molecule has 0 fully saturated rings. The standard InChI is InChI=1S/C9H16N6O2/c1-3-9(4-2,8(10)14-17)12-7(16)6-5-11-15-13-6/h5,17H,3-4H2,1-2H3,(H2,10,14)(H,12,16)(H,11,13,15). The van der Waals surface area contributed by atoms with Crippen LogP contribution in [0.5, 0.6) is 0 Å². The Morgan fingerprint density at radius 2 is 2.29 bits per heavy atom. The third-order valence-electron chi connectivity index (χ3n) is 2.81. The van der Waals surface area contributed by atoms with Crippen LogP contribution in [0.4, 0.5) is 0 Å². The van der Waals surface area contributed by atoms with Crippen molar-refractivity contribution in [2.75, 3.05) is 0 Å². The maximum Gasteiger partial charge on any atom is 0.274 e. The second-order valence-electron chi connectivity index (χ2n) is 3.58. The number of oxime groups is 1. The highest BCUT2D eigenvalue weighted by Gasteiger charge is 2.34. The number of carbonyl (C=O) groups excluding carboxylic acids is 1. The Kier molecular flexibility index (Phi) is 4.02. The number of amidine groups is 1. The molecular formula is C9H16N6O2. The molecule has 0 aliphatic carbocycles. The van der Waals surface area contributed by atoms with Crippen molar-refractivity contribution in [1.29, 1.82) is 0 Å². The van der Waals surface area contributed by atoms with E-state index in [1.54, 1.807) is 0 Å². The molecule has 1 heterocycles. The maximum atomic E-state index is 11.8. The first-order chi connectivity index (χ1) is 8.09. The Morgan fingerprint density at radius 1 is 1.65 bits per heavy atom. The van der Waals surface area contributed by atoms with Crippen LogP contribution in [0.2, 0.25) is 0 Å². The lowest BCUT2D eigenvalue weighted by molar-refractivity contribution is 0.0912. The Balaban J connectivity index is 2.91. The topological polar surface area (TPSA) is 129 Å². The maximum absolute atomic E-state index is 11.8. The van der Waals surface area contributed by atoms with Gasteiger partial charge in [0.1, 0.15) is 5.54 Å². The molecule has 0 aliphatic rings.